The Balaban J connectivity index is 2.57. The smallest absolute Gasteiger partial charge is 0.128 e. The summed E-state index contributed by atoms with van der Waals surface area (Å²) < 4.78 is 5.44. The summed E-state index contributed by atoms with van der Waals surface area (Å²) >= 11 is 4.20. The highest BCUT2D eigenvalue weighted by molar-refractivity contribution is 7.79. The van der Waals surface area contributed by atoms with Gasteiger partial charge < -0.3 is 9.72 Å². The van der Waals surface area contributed by atoms with Crippen LogP contribution in [0.25, 0.3) is 11.3 Å². The molecule has 0 aliphatic rings. The van der Waals surface area contributed by atoms with Crippen LogP contribution in [0.3, 0.4) is 0 Å². The molecular formula is C13H16N2OS. The van der Waals surface area contributed by atoms with Crippen molar-refractivity contribution >= 4 is 12.6 Å². The average molecular weight is 248 g/mol. The highest BCUT2D eigenvalue weighted by atomic mass is 32.1. The topological polar surface area (TPSA) is 37.9 Å². The summed E-state index contributed by atoms with van der Waals surface area (Å²) in [6, 6.07) is 4.17. The summed E-state index contributed by atoms with van der Waals surface area (Å²) in [6.45, 7) is 4.14. The SMILES string of the molecule is COc1cc(C)cc(C)c1-c1cnc(CS)[nH]1. The van der Waals surface area contributed by atoms with Gasteiger partial charge in [-0.1, -0.05) is 6.07 Å². The molecule has 0 bridgehead atoms. The van der Waals surface area contributed by atoms with Crippen molar-refractivity contribution in [2.75, 3.05) is 7.11 Å². The second-order valence-electron chi connectivity index (χ2n) is 4.06. The quantitative estimate of drug-likeness (QED) is 0.819. The molecule has 90 valence electrons. The second kappa shape index (κ2) is 4.84. The Labute approximate surface area is 107 Å². The van der Waals surface area contributed by atoms with Crippen LogP contribution in [0.4, 0.5) is 0 Å². The largest absolute Gasteiger partial charge is 0.496 e. The van der Waals surface area contributed by atoms with E-state index < -0.39 is 0 Å². The van der Waals surface area contributed by atoms with E-state index in [9.17, 15) is 0 Å². The molecule has 0 aliphatic carbocycles. The van der Waals surface area contributed by atoms with Crippen molar-refractivity contribution < 1.29 is 4.74 Å². The molecule has 1 heterocycles. The number of nitrogens with zero attached hydrogens (tertiary/aromatic N) is 1. The van der Waals surface area contributed by atoms with Crippen LogP contribution in [0.1, 0.15) is 17.0 Å². The zero-order valence-electron chi connectivity index (χ0n) is 10.2. The number of ether oxygens (including phenoxy) is 1. The molecule has 0 aliphatic heterocycles. The van der Waals surface area contributed by atoms with Gasteiger partial charge in [0, 0.05) is 11.3 Å². The van der Waals surface area contributed by atoms with Gasteiger partial charge >= 0.3 is 0 Å². The van der Waals surface area contributed by atoms with Gasteiger partial charge in [0.15, 0.2) is 0 Å². The van der Waals surface area contributed by atoms with Crippen LogP contribution in [0.15, 0.2) is 18.3 Å². The van der Waals surface area contributed by atoms with E-state index in [1.807, 2.05) is 12.3 Å². The zero-order valence-corrected chi connectivity index (χ0v) is 11.1. The van der Waals surface area contributed by atoms with Crippen molar-refractivity contribution in [1.29, 1.82) is 0 Å². The monoisotopic (exact) mass is 248 g/mol. The Morgan fingerprint density at radius 3 is 2.71 bits per heavy atom. The molecule has 0 unspecified atom stereocenters. The molecule has 0 atom stereocenters. The molecule has 0 fully saturated rings. The van der Waals surface area contributed by atoms with E-state index in [2.05, 4.69) is 42.5 Å². The third-order valence-corrected chi connectivity index (χ3v) is 3.01. The molecule has 1 aromatic heterocycles. The van der Waals surface area contributed by atoms with Crippen molar-refractivity contribution in [3.05, 3.63) is 35.3 Å². The van der Waals surface area contributed by atoms with Gasteiger partial charge in [0.2, 0.25) is 0 Å². The molecule has 2 aromatic rings. The molecule has 1 N–H and O–H groups in total. The van der Waals surface area contributed by atoms with Gasteiger partial charge in [-0.3, -0.25) is 0 Å². The Morgan fingerprint density at radius 2 is 2.12 bits per heavy atom. The standard InChI is InChI=1S/C13H16N2OS/c1-8-4-9(2)13(11(5-8)16-3)10-6-14-12(7-17)15-10/h4-6,17H,7H2,1-3H3,(H,14,15). The lowest BCUT2D eigenvalue weighted by Crippen LogP contribution is -1.93. The van der Waals surface area contributed by atoms with Gasteiger partial charge in [-0.2, -0.15) is 12.6 Å². The Morgan fingerprint density at radius 1 is 1.35 bits per heavy atom. The van der Waals surface area contributed by atoms with Gasteiger partial charge in [-0.05, 0) is 31.0 Å². The maximum atomic E-state index is 5.44. The molecule has 0 spiro atoms. The van der Waals surface area contributed by atoms with Crippen molar-refractivity contribution in [2.24, 2.45) is 0 Å². The number of aromatic amines is 1. The van der Waals surface area contributed by atoms with Crippen LogP contribution in [0.5, 0.6) is 5.75 Å². The molecule has 0 saturated heterocycles. The van der Waals surface area contributed by atoms with Crippen LogP contribution in [0.2, 0.25) is 0 Å². The summed E-state index contributed by atoms with van der Waals surface area (Å²) in [5.74, 6) is 2.34. The molecule has 3 nitrogen and oxygen atoms in total. The number of nitrogens with one attached hydrogen (secondary N) is 1. The van der Waals surface area contributed by atoms with Crippen molar-refractivity contribution in [3.8, 4) is 17.0 Å². The minimum absolute atomic E-state index is 0.604. The maximum Gasteiger partial charge on any atom is 0.128 e. The predicted molar refractivity (Wildman–Crippen MR) is 72.7 cm³/mol. The molecule has 4 heteroatoms. The van der Waals surface area contributed by atoms with Crippen molar-refractivity contribution in [1.82, 2.24) is 9.97 Å². The normalized spacial score (nSPS) is 10.6. The van der Waals surface area contributed by atoms with Crippen LogP contribution in [-0.4, -0.2) is 17.1 Å². The molecule has 2 rings (SSSR count). The third-order valence-electron chi connectivity index (χ3n) is 2.71. The molecule has 0 radical (unpaired) electrons. The first-order valence-corrected chi connectivity index (χ1v) is 6.09. The number of rotatable bonds is 3. The first-order chi connectivity index (χ1) is 8.15. The minimum atomic E-state index is 0.604. The van der Waals surface area contributed by atoms with E-state index in [1.54, 1.807) is 7.11 Å². The lowest BCUT2D eigenvalue weighted by atomic mass is 10.0. The maximum absolute atomic E-state index is 5.44. The van der Waals surface area contributed by atoms with E-state index in [-0.39, 0.29) is 0 Å². The summed E-state index contributed by atoms with van der Waals surface area (Å²) in [5.41, 5.74) is 4.41. The molecule has 0 saturated carbocycles. The fraction of sp³-hybridized carbons (Fsp3) is 0.308. The van der Waals surface area contributed by atoms with Crippen molar-refractivity contribution in [2.45, 2.75) is 19.6 Å². The molecule has 17 heavy (non-hydrogen) atoms. The van der Waals surface area contributed by atoms with Crippen LogP contribution < -0.4 is 4.74 Å². The van der Waals surface area contributed by atoms with E-state index in [0.717, 1.165) is 22.8 Å². The number of hydrogen-bond donors (Lipinski definition) is 2. The zero-order chi connectivity index (χ0) is 12.4. The fourth-order valence-electron chi connectivity index (χ4n) is 2.00. The van der Waals surface area contributed by atoms with Crippen LogP contribution in [-0.2, 0) is 5.75 Å². The number of methoxy groups -OCH3 is 1. The summed E-state index contributed by atoms with van der Waals surface area (Å²) in [5, 5.41) is 0. The molecular weight excluding hydrogens is 232 g/mol. The number of benzene rings is 1. The van der Waals surface area contributed by atoms with Gasteiger partial charge in [-0.15, -0.1) is 0 Å². The van der Waals surface area contributed by atoms with Gasteiger partial charge in [0.05, 0.1) is 19.0 Å². The number of aromatic nitrogens is 2. The highest BCUT2D eigenvalue weighted by Crippen LogP contribution is 2.33. The summed E-state index contributed by atoms with van der Waals surface area (Å²) in [4.78, 5) is 7.51. The predicted octanol–water partition coefficient (Wildman–Crippen LogP) is 3.13. The highest BCUT2D eigenvalue weighted by Gasteiger charge is 2.12. The number of hydrogen-bond acceptors (Lipinski definition) is 3. The summed E-state index contributed by atoms with van der Waals surface area (Å²) in [7, 11) is 1.69. The Kier molecular flexibility index (Phi) is 3.43. The third kappa shape index (κ3) is 2.31. The van der Waals surface area contributed by atoms with Crippen LogP contribution in [0, 0.1) is 13.8 Å². The molecule has 0 amide bonds. The first kappa shape index (κ1) is 12.0. The lowest BCUT2D eigenvalue weighted by molar-refractivity contribution is 0.415. The first-order valence-electron chi connectivity index (χ1n) is 5.46. The Hall–Kier alpha value is -1.42. The number of H-pyrrole nitrogens is 1. The average Bonchev–Trinajstić information content (AvgIpc) is 2.76. The van der Waals surface area contributed by atoms with E-state index in [0.29, 0.717) is 5.75 Å². The van der Waals surface area contributed by atoms with Gasteiger partial charge in [0.25, 0.3) is 0 Å². The van der Waals surface area contributed by atoms with E-state index in [4.69, 9.17) is 4.74 Å². The van der Waals surface area contributed by atoms with Crippen LogP contribution >= 0.6 is 12.6 Å². The number of aryl methyl sites for hydroxylation is 2. The fourth-order valence-corrected chi connectivity index (χ4v) is 2.17. The summed E-state index contributed by atoms with van der Waals surface area (Å²) in [6.07, 6.45) is 1.83. The van der Waals surface area contributed by atoms with Gasteiger partial charge in [0.1, 0.15) is 11.6 Å². The van der Waals surface area contributed by atoms with Gasteiger partial charge in [-0.25, -0.2) is 4.98 Å². The lowest BCUT2D eigenvalue weighted by Gasteiger charge is -2.11. The minimum Gasteiger partial charge on any atom is -0.496 e. The van der Waals surface area contributed by atoms with E-state index >= 15 is 0 Å². The second-order valence-corrected chi connectivity index (χ2v) is 4.38. The van der Waals surface area contributed by atoms with Crippen molar-refractivity contribution in [3.63, 3.8) is 0 Å². The molecule has 1 aromatic carbocycles. The number of thiol groups is 1. The number of imidazole rings is 1. The van der Waals surface area contributed by atoms with E-state index in [1.165, 1.54) is 11.1 Å². The Bertz CT molecular complexity index is 534.